The third-order valence-electron chi connectivity index (χ3n) is 10.1. The standard InChI is InChI=1S/C27H30N2O6.C19H26N2O3/c1-18(2)15-35-27(32)29-13-21(12-25(30)31)24(14-29)20-9-6-10-23(11-20)33-16-22-17-34-26(28-22)19-7-4-3-5-8-19;1-6-14-11-21(18(22)24-19(2,3)4)12-17(14)15-8-7-9-16(10-15)23-13-20-5/h3-11,17-18,21,24H,12-16H2,1-2H3,(H,30,31);7-10,14,17H,6,11-13H2,1-4H3/t21-,24-;14-,17+/m00/s1. The molecule has 6 rings (SSSR count). The van der Waals surface area contributed by atoms with Crippen LogP contribution in [-0.2, 0) is 20.9 Å². The highest BCUT2D eigenvalue weighted by Gasteiger charge is 2.39. The molecule has 0 radical (unpaired) electrons. The van der Waals surface area contributed by atoms with Crippen molar-refractivity contribution >= 4 is 18.2 Å². The second kappa shape index (κ2) is 20.6. The Morgan fingerprint density at radius 3 is 2.07 bits per heavy atom. The third kappa shape index (κ3) is 13.0. The largest absolute Gasteiger partial charge is 0.487 e. The molecule has 13 heteroatoms. The molecule has 2 aliphatic heterocycles. The fourth-order valence-electron chi connectivity index (χ4n) is 7.32. The van der Waals surface area contributed by atoms with Crippen molar-refractivity contribution in [3.8, 4) is 23.0 Å². The summed E-state index contributed by atoms with van der Waals surface area (Å²) in [5, 5.41) is 9.41. The van der Waals surface area contributed by atoms with Gasteiger partial charge in [0.05, 0.1) is 13.0 Å². The van der Waals surface area contributed by atoms with E-state index in [1.54, 1.807) is 16.1 Å². The molecular weight excluding hydrogens is 753 g/mol. The van der Waals surface area contributed by atoms with Gasteiger partial charge in [0.2, 0.25) is 5.89 Å². The first-order valence-electron chi connectivity index (χ1n) is 20.1. The van der Waals surface area contributed by atoms with Crippen LogP contribution in [0.4, 0.5) is 9.59 Å². The van der Waals surface area contributed by atoms with Gasteiger partial charge in [0.25, 0.3) is 0 Å². The van der Waals surface area contributed by atoms with Crippen LogP contribution in [0, 0.1) is 24.3 Å². The number of ether oxygens (including phenoxy) is 4. The molecule has 2 amide bonds. The molecule has 0 aliphatic carbocycles. The van der Waals surface area contributed by atoms with Crippen molar-refractivity contribution in [2.45, 2.75) is 78.4 Å². The number of aliphatic carboxylic acids is 1. The summed E-state index contributed by atoms with van der Waals surface area (Å²) in [5.74, 6) is 1.55. The number of hydrogen-bond acceptors (Lipinski definition) is 9. The summed E-state index contributed by atoms with van der Waals surface area (Å²) in [4.78, 5) is 47.4. The number of likely N-dealkylation sites (tertiary alicyclic amines) is 2. The minimum absolute atomic E-state index is 0.0229. The van der Waals surface area contributed by atoms with Crippen LogP contribution in [0.2, 0.25) is 0 Å². The summed E-state index contributed by atoms with van der Waals surface area (Å²) in [6, 6.07) is 25.1. The molecule has 2 fully saturated rings. The molecular formula is C46H56N4O9. The van der Waals surface area contributed by atoms with Gasteiger partial charge in [-0.3, -0.25) is 9.64 Å². The second-order valence-electron chi connectivity index (χ2n) is 16.4. The first-order valence-corrected chi connectivity index (χ1v) is 20.1. The van der Waals surface area contributed by atoms with E-state index in [-0.39, 0.29) is 49.5 Å². The van der Waals surface area contributed by atoms with Crippen LogP contribution < -0.4 is 9.47 Å². The summed E-state index contributed by atoms with van der Waals surface area (Å²) in [5.41, 5.74) is 3.15. The lowest BCUT2D eigenvalue weighted by Gasteiger charge is -2.24. The monoisotopic (exact) mass is 808 g/mol. The van der Waals surface area contributed by atoms with Crippen LogP contribution in [0.25, 0.3) is 16.3 Å². The molecule has 59 heavy (non-hydrogen) atoms. The number of hydrogen-bond donors (Lipinski definition) is 1. The Labute approximate surface area is 347 Å². The molecule has 2 aliphatic rings. The Bertz CT molecular complexity index is 2040. The van der Waals surface area contributed by atoms with Gasteiger partial charge in [0.1, 0.15) is 35.7 Å². The third-order valence-corrected chi connectivity index (χ3v) is 10.1. The van der Waals surface area contributed by atoms with Gasteiger partial charge in [-0.1, -0.05) is 69.7 Å². The molecule has 13 nitrogen and oxygen atoms in total. The van der Waals surface area contributed by atoms with E-state index < -0.39 is 17.7 Å². The van der Waals surface area contributed by atoms with Crippen LogP contribution in [0.1, 0.15) is 83.0 Å². The average Bonchev–Trinajstić information content (AvgIpc) is 3.98. The lowest BCUT2D eigenvalue weighted by Crippen LogP contribution is -2.35. The second-order valence-corrected chi connectivity index (χ2v) is 16.4. The average molecular weight is 809 g/mol. The number of rotatable bonds is 13. The van der Waals surface area contributed by atoms with Gasteiger partial charge >= 0.3 is 24.9 Å². The van der Waals surface area contributed by atoms with E-state index in [0.717, 1.165) is 23.1 Å². The molecule has 3 aromatic carbocycles. The number of benzene rings is 3. The number of aromatic nitrogens is 1. The van der Waals surface area contributed by atoms with Crippen molar-refractivity contribution in [2.24, 2.45) is 17.8 Å². The summed E-state index contributed by atoms with van der Waals surface area (Å²) < 4.78 is 27.8. The van der Waals surface area contributed by atoms with Crippen LogP contribution in [-0.4, -0.2) is 83.2 Å². The van der Waals surface area contributed by atoms with E-state index in [0.29, 0.717) is 61.8 Å². The lowest BCUT2D eigenvalue weighted by atomic mass is 9.87. The summed E-state index contributed by atoms with van der Waals surface area (Å²) in [6.07, 6.45) is 1.91. The molecule has 4 aromatic rings. The summed E-state index contributed by atoms with van der Waals surface area (Å²) >= 11 is 0. The minimum Gasteiger partial charge on any atom is -0.487 e. The van der Waals surface area contributed by atoms with E-state index in [4.69, 9.17) is 29.9 Å². The van der Waals surface area contributed by atoms with Crippen LogP contribution >= 0.6 is 0 Å². The van der Waals surface area contributed by atoms with E-state index in [9.17, 15) is 19.5 Å². The molecule has 0 bridgehead atoms. The van der Waals surface area contributed by atoms with Gasteiger partial charge in [-0.15, -0.1) is 0 Å². The number of carboxylic acid groups (broad SMARTS) is 1. The fourth-order valence-corrected chi connectivity index (χ4v) is 7.32. The Kier molecular flexibility index (Phi) is 15.4. The Morgan fingerprint density at radius 2 is 1.47 bits per heavy atom. The number of carbonyl (C=O) groups is 3. The normalized spacial score (nSPS) is 18.7. The van der Waals surface area contributed by atoms with Gasteiger partial charge in [-0.05, 0) is 86.1 Å². The van der Waals surface area contributed by atoms with Gasteiger partial charge < -0.3 is 38.3 Å². The van der Waals surface area contributed by atoms with Gasteiger partial charge in [-0.2, -0.15) is 0 Å². The molecule has 314 valence electrons. The maximum atomic E-state index is 12.5. The molecule has 1 N–H and O–H groups in total. The number of nitrogens with zero attached hydrogens (tertiary/aromatic N) is 4. The maximum absolute atomic E-state index is 12.5. The number of oxazole rings is 1. The molecule has 0 unspecified atom stereocenters. The summed E-state index contributed by atoms with van der Waals surface area (Å²) in [6.45, 7) is 21.3. The quantitative estimate of drug-likeness (QED) is 0.130. The van der Waals surface area contributed by atoms with Gasteiger partial charge in [0.15, 0.2) is 0 Å². The van der Waals surface area contributed by atoms with Crippen molar-refractivity contribution in [1.82, 2.24) is 14.8 Å². The van der Waals surface area contributed by atoms with E-state index >= 15 is 0 Å². The van der Waals surface area contributed by atoms with Crippen LogP contribution in [0.3, 0.4) is 0 Å². The van der Waals surface area contributed by atoms with Gasteiger partial charge in [-0.25, -0.2) is 21.1 Å². The van der Waals surface area contributed by atoms with Crippen molar-refractivity contribution in [3.05, 3.63) is 113 Å². The van der Waals surface area contributed by atoms with E-state index in [1.165, 1.54) is 0 Å². The zero-order valence-corrected chi connectivity index (χ0v) is 34.8. The zero-order chi connectivity index (χ0) is 42.5. The highest BCUT2D eigenvalue weighted by molar-refractivity contribution is 5.70. The highest BCUT2D eigenvalue weighted by Crippen LogP contribution is 2.38. The predicted octanol–water partition coefficient (Wildman–Crippen LogP) is 9.51. The topological polar surface area (TPSA) is 145 Å². The molecule has 4 atom stereocenters. The van der Waals surface area contributed by atoms with Gasteiger partial charge in [0, 0.05) is 43.6 Å². The van der Waals surface area contributed by atoms with Crippen molar-refractivity contribution < 1.29 is 42.9 Å². The van der Waals surface area contributed by atoms with Crippen molar-refractivity contribution in [2.75, 3.05) is 39.5 Å². The summed E-state index contributed by atoms with van der Waals surface area (Å²) in [7, 11) is 0. The molecule has 3 heterocycles. The van der Waals surface area contributed by atoms with Crippen molar-refractivity contribution in [1.29, 1.82) is 0 Å². The number of carbonyl (C=O) groups excluding carboxylic acids is 2. The zero-order valence-electron chi connectivity index (χ0n) is 34.8. The fraction of sp³-hybridized carbons (Fsp3) is 0.457. The Hall–Kier alpha value is -6.03. The molecule has 0 spiro atoms. The van der Waals surface area contributed by atoms with Crippen LogP contribution in [0.5, 0.6) is 11.5 Å². The maximum Gasteiger partial charge on any atom is 0.410 e. The molecule has 0 saturated carbocycles. The Morgan fingerprint density at radius 1 is 0.864 bits per heavy atom. The number of amides is 2. The van der Waals surface area contributed by atoms with Crippen molar-refractivity contribution in [3.63, 3.8) is 0 Å². The molecule has 2 saturated heterocycles. The van der Waals surface area contributed by atoms with E-state index in [1.807, 2.05) is 107 Å². The SMILES string of the molecule is CC(C)COC(=O)N1C[C@H](CC(=O)O)[C@H](c2cccc(OCc3coc(-c4ccccc4)n3)c2)C1.[C-]#[N+]COc1cccc([C@@H]2CN(C(=O)OC(C)(C)C)C[C@@H]2CC)c1. The van der Waals surface area contributed by atoms with E-state index in [2.05, 4.69) is 22.8 Å². The first-order chi connectivity index (χ1) is 28.2. The Balaban J connectivity index is 0.000000241. The molecule has 1 aromatic heterocycles. The minimum atomic E-state index is -0.884. The highest BCUT2D eigenvalue weighted by atomic mass is 16.6. The predicted molar refractivity (Wildman–Crippen MR) is 222 cm³/mol. The lowest BCUT2D eigenvalue weighted by molar-refractivity contribution is -0.138. The number of carboxylic acids is 1. The first kappa shape index (κ1) is 44.1. The van der Waals surface area contributed by atoms with Crippen LogP contribution in [0.15, 0.2) is 89.5 Å². The smallest absolute Gasteiger partial charge is 0.410 e.